The van der Waals surface area contributed by atoms with Gasteiger partial charge in [-0.3, -0.25) is 14.5 Å². The van der Waals surface area contributed by atoms with Crippen LogP contribution in [0.1, 0.15) is 31.7 Å². The normalized spacial score (nSPS) is 14.5. The Bertz CT molecular complexity index is 1120. The topological polar surface area (TPSA) is 68.4 Å². The number of rotatable bonds is 9. The van der Waals surface area contributed by atoms with Crippen LogP contribution < -0.4 is 5.32 Å². The van der Waals surface area contributed by atoms with Crippen molar-refractivity contribution in [3.8, 4) is 11.3 Å². The van der Waals surface area contributed by atoms with Gasteiger partial charge in [0.15, 0.2) is 0 Å². The molecule has 7 heteroatoms. The van der Waals surface area contributed by atoms with Gasteiger partial charge in [0.1, 0.15) is 5.82 Å². The van der Waals surface area contributed by atoms with Crippen molar-refractivity contribution in [1.29, 1.82) is 0 Å². The van der Waals surface area contributed by atoms with E-state index in [1.54, 1.807) is 12.1 Å². The predicted octanol–water partition coefficient (Wildman–Crippen LogP) is 3.97. The van der Waals surface area contributed by atoms with Gasteiger partial charge in [0.05, 0.1) is 6.54 Å². The number of nitrogens with one attached hydrogen (secondary N) is 2. The van der Waals surface area contributed by atoms with Crippen LogP contribution in [0.4, 0.5) is 4.39 Å². The summed E-state index contributed by atoms with van der Waals surface area (Å²) in [7, 11) is 0. The molecule has 6 nitrogen and oxygen atoms in total. The van der Waals surface area contributed by atoms with E-state index in [4.69, 9.17) is 0 Å². The second-order valence-electron chi connectivity index (χ2n) is 8.89. The maximum Gasteiger partial charge on any atom is 0.234 e. The number of H-pyrrole nitrogens is 1. The molecular weight excluding hydrogens is 431 g/mol. The second-order valence-corrected chi connectivity index (χ2v) is 8.89. The highest BCUT2D eigenvalue weighted by atomic mass is 19.1. The van der Waals surface area contributed by atoms with Crippen LogP contribution in [0.5, 0.6) is 0 Å². The molecule has 0 bridgehead atoms. The van der Waals surface area contributed by atoms with Gasteiger partial charge in [-0.05, 0) is 42.2 Å². The molecule has 1 fully saturated rings. The molecule has 2 aromatic carbocycles. The molecule has 1 aromatic heterocycles. The van der Waals surface area contributed by atoms with Gasteiger partial charge < -0.3 is 15.2 Å². The molecule has 2 N–H and O–H groups in total. The molecule has 0 aliphatic carbocycles. The molecular formula is C27H33FN4O2. The summed E-state index contributed by atoms with van der Waals surface area (Å²) in [5, 5.41) is 3.77. The minimum absolute atomic E-state index is 0.0493. The molecule has 1 aliphatic heterocycles. The first-order valence-electron chi connectivity index (χ1n) is 12.2. The van der Waals surface area contributed by atoms with Crippen LogP contribution in [0, 0.1) is 5.82 Å². The zero-order valence-corrected chi connectivity index (χ0v) is 19.8. The van der Waals surface area contributed by atoms with Crippen LogP contribution in [0.25, 0.3) is 22.2 Å². The number of amides is 2. The first kappa shape index (κ1) is 24.0. The van der Waals surface area contributed by atoms with E-state index in [0.717, 1.165) is 47.1 Å². The molecule has 34 heavy (non-hydrogen) atoms. The lowest BCUT2D eigenvalue weighted by molar-refractivity contribution is -0.133. The molecule has 2 heterocycles. The van der Waals surface area contributed by atoms with E-state index in [0.29, 0.717) is 45.6 Å². The predicted molar refractivity (Wildman–Crippen MR) is 133 cm³/mol. The van der Waals surface area contributed by atoms with Gasteiger partial charge in [-0.25, -0.2) is 4.39 Å². The third-order valence-electron chi connectivity index (χ3n) is 6.46. The minimum Gasteiger partial charge on any atom is -0.355 e. The zero-order valence-electron chi connectivity index (χ0n) is 19.8. The summed E-state index contributed by atoms with van der Waals surface area (Å²) in [5.41, 5.74) is 3.80. The number of carbonyl (C=O) groups is 2. The molecule has 0 saturated carbocycles. The SMILES string of the molecule is CCCCNC(=O)CN1CCN(C(=O)CCc2c(-c3ccccc3)[nH]c3ccc(F)cc23)CC1. The smallest absolute Gasteiger partial charge is 0.234 e. The summed E-state index contributed by atoms with van der Waals surface area (Å²) in [6, 6.07) is 14.7. The standard InChI is InChI=1S/C27H33FN4O2/c1-2-3-13-29-25(33)19-31-14-16-32(17-15-31)26(34)12-10-22-23-18-21(28)9-11-24(23)30-27(22)20-7-5-4-6-8-20/h4-9,11,18,30H,2-3,10,12-17,19H2,1H3,(H,29,33). The summed E-state index contributed by atoms with van der Waals surface area (Å²) in [5.74, 6) is -0.140. The van der Waals surface area contributed by atoms with Crippen LogP contribution in [-0.2, 0) is 16.0 Å². The molecule has 4 rings (SSSR count). The molecule has 0 atom stereocenters. The first-order valence-corrected chi connectivity index (χ1v) is 12.2. The van der Waals surface area contributed by atoms with E-state index in [1.165, 1.54) is 6.07 Å². The molecule has 1 aliphatic rings. The van der Waals surface area contributed by atoms with Crippen LogP contribution in [-0.4, -0.2) is 65.9 Å². The monoisotopic (exact) mass is 464 g/mol. The highest BCUT2D eigenvalue weighted by Crippen LogP contribution is 2.32. The summed E-state index contributed by atoms with van der Waals surface area (Å²) < 4.78 is 14.0. The molecule has 0 radical (unpaired) electrons. The van der Waals surface area contributed by atoms with E-state index in [-0.39, 0.29) is 17.6 Å². The van der Waals surface area contributed by atoms with Crippen molar-refractivity contribution >= 4 is 22.7 Å². The average molecular weight is 465 g/mol. The Labute approximate surface area is 200 Å². The Morgan fingerprint density at radius 3 is 2.56 bits per heavy atom. The number of hydrogen-bond donors (Lipinski definition) is 2. The van der Waals surface area contributed by atoms with Crippen molar-refractivity contribution in [2.45, 2.75) is 32.6 Å². The summed E-state index contributed by atoms with van der Waals surface area (Å²) in [6.45, 7) is 5.83. The van der Waals surface area contributed by atoms with Crippen molar-refractivity contribution < 1.29 is 14.0 Å². The molecule has 0 spiro atoms. The van der Waals surface area contributed by atoms with Crippen molar-refractivity contribution in [2.24, 2.45) is 0 Å². The van der Waals surface area contributed by atoms with Gasteiger partial charge >= 0.3 is 0 Å². The van der Waals surface area contributed by atoms with E-state index in [9.17, 15) is 14.0 Å². The molecule has 2 amide bonds. The third-order valence-corrected chi connectivity index (χ3v) is 6.46. The van der Waals surface area contributed by atoms with Crippen molar-refractivity contribution in [1.82, 2.24) is 20.1 Å². The number of aromatic amines is 1. The number of halogens is 1. The van der Waals surface area contributed by atoms with E-state index < -0.39 is 0 Å². The fourth-order valence-corrected chi connectivity index (χ4v) is 4.54. The lowest BCUT2D eigenvalue weighted by Crippen LogP contribution is -2.51. The average Bonchev–Trinajstić information content (AvgIpc) is 3.21. The Balaban J connectivity index is 1.37. The van der Waals surface area contributed by atoms with Gasteiger partial charge in [0, 0.05) is 55.7 Å². The number of aromatic nitrogens is 1. The van der Waals surface area contributed by atoms with E-state index in [1.807, 2.05) is 35.2 Å². The van der Waals surface area contributed by atoms with E-state index in [2.05, 4.69) is 22.1 Å². The highest BCUT2D eigenvalue weighted by molar-refractivity contribution is 5.91. The number of unbranched alkanes of at least 4 members (excludes halogenated alkanes) is 1. The highest BCUT2D eigenvalue weighted by Gasteiger charge is 2.23. The Morgan fingerprint density at radius 2 is 1.82 bits per heavy atom. The lowest BCUT2D eigenvalue weighted by Gasteiger charge is -2.34. The van der Waals surface area contributed by atoms with Gasteiger partial charge in [0.25, 0.3) is 0 Å². The fourth-order valence-electron chi connectivity index (χ4n) is 4.54. The minimum atomic E-state index is -0.284. The Hall–Kier alpha value is -3.19. The number of benzene rings is 2. The molecule has 180 valence electrons. The molecule has 0 unspecified atom stereocenters. The zero-order chi connectivity index (χ0) is 23.9. The van der Waals surface area contributed by atoms with E-state index >= 15 is 0 Å². The van der Waals surface area contributed by atoms with Gasteiger partial charge in [-0.2, -0.15) is 0 Å². The van der Waals surface area contributed by atoms with Crippen molar-refractivity contribution in [3.05, 3.63) is 59.9 Å². The lowest BCUT2D eigenvalue weighted by atomic mass is 10.0. The largest absolute Gasteiger partial charge is 0.355 e. The third kappa shape index (κ3) is 5.83. The number of fused-ring (bicyclic) bond motifs is 1. The number of hydrogen-bond acceptors (Lipinski definition) is 3. The number of piperazine rings is 1. The van der Waals surface area contributed by atoms with Gasteiger partial charge in [-0.15, -0.1) is 0 Å². The summed E-state index contributed by atoms with van der Waals surface area (Å²) >= 11 is 0. The summed E-state index contributed by atoms with van der Waals surface area (Å²) in [6.07, 6.45) is 2.94. The van der Waals surface area contributed by atoms with Crippen molar-refractivity contribution in [3.63, 3.8) is 0 Å². The van der Waals surface area contributed by atoms with Crippen molar-refractivity contribution in [2.75, 3.05) is 39.3 Å². The maximum absolute atomic E-state index is 14.0. The Kier molecular flexibility index (Phi) is 7.95. The first-order chi connectivity index (χ1) is 16.5. The Morgan fingerprint density at radius 1 is 1.06 bits per heavy atom. The number of carbonyl (C=O) groups excluding carboxylic acids is 2. The van der Waals surface area contributed by atoms with Crippen LogP contribution >= 0.6 is 0 Å². The van der Waals surface area contributed by atoms with Gasteiger partial charge in [0.2, 0.25) is 11.8 Å². The maximum atomic E-state index is 14.0. The number of nitrogens with zero attached hydrogens (tertiary/aromatic N) is 2. The van der Waals surface area contributed by atoms with Crippen LogP contribution in [0.2, 0.25) is 0 Å². The summed E-state index contributed by atoms with van der Waals surface area (Å²) in [4.78, 5) is 32.4. The fraction of sp³-hybridized carbons (Fsp3) is 0.407. The van der Waals surface area contributed by atoms with Crippen LogP contribution in [0.3, 0.4) is 0 Å². The second kappa shape index (κ2) is 11.3. The van der Waals surface area contributed by atoms with Crippen LogP contribution in [0.15, 0.2) is 48.5 Å². The quantitative estimate of drug-likeness (QED) is 0.471. The number of aryl methyl sites for hydroxylation is 1. The van der Waals surface area contributed by atoms with Gasteiger partial charge in [-0.1, -0.05) is 43.7 Å². The molecule has 3 aromatic rings. The molecule has 1 saturated heterocycles.